The summed E-state index contributed by atoms with van der Waals surface area (Å²) in [5.74, 6) is -0.919. The van der Waals surface area contributed by atoms with Crippen molar-refractivity contribution in [3.05, 3.63) is 0 Å². The number of carboxylic acid groups (broad SMARTS) is 1. The molecule has 0 aliphatic carbocycles. The lowest BCUT2D eigenvalue weighted by Crippen LogP contribution is -2.44. The molecule has 1 aliphatic rings. The van der Waals surface area contributed by atoms with E-state index in [2.05, 4.69) is 0 Å². The van der Waals surface area contributed by atoms with E-state index in [4.69, 9.17) is 5.11 Å². The molecule has 0 unspecified atom stereocenters. The predicted octanol–water partition coefficient (Wildman–Crippen LogP) is 0.575. The van der Waals surface area contributed by atoms with Gasteiger partial charge in [0, 0.05) is 20.0 Å². The summed E-state index contributed by atoms with van der Waals surface area (Å²) < 4.78 is 0. The molecule has 1 aliphatic heterocycles. The molecule has 1 saturated heterocycles. The first-order valence-corrected chi connectivity index (χ1v) is 4.50. The van der Waals surface area contributed by atoms with Crippen molar-refractivity contribution in [3.8, 4) is 0 Å². The highest BCUT2D eigenvalue weighted by molar-refractivity contribution is 5.74. The van der Waals surface area contributed by atoms with Crippen LogP contribution in [0.3, 0.4) is 0 Å². The Morgan fingerprint density at radius 2 is 2.08 bits per heavy atom. The Morgan fingerprint density at radius 1 is 1.46 bits per heavy atom. The fraction of sp³-hybridized carbons (Fsp3) is 0.778. The second-order valence-corrected chi connectivity index (χ2v) is 3.68. The molecule has 1 heterocycles. The SMILES string of the molecule is CC(=O)N1CC[C@H](C(=O)O)[C@H](C)C1. The van der Waals surface area contributed by atoms with Gasteiger partial charge in [-0.2, -0.15) is 0 Å². The summed E-state index contributed by atoms with van der Waals surface area (Å²) in [5, 5.41) is 8.83. The molecule has 0 radical (unpaired) electrons. The third-order valence-corrected chi connectivity index (χ3v) is 2.67. The highest BCUT2D eigenvalue weighted by Crippen LogP contribution is 2.23. The third kappa shape index (κ3) is 2.20. The highest BCUT2D eigenvalue weighted by Gasteiger charge is 2.31. The fourth-order valence-corrected chi connectivity index (χ4v) is 1.80. The van der Waals surface area contributed by atoms with Gasteiger partial charge in [0.05, 0.1) is 5.92 Å². The molecule has 0 aromatic heterocycles. The first-order chi connectivity index (χ1) is 6.02. The van der Waals surface area contributed by atoms with Gasteiger partial charge in [0.1, 0.15) is 0 Å². The first-order valence-electron chi connectivity index (χ1n) is 4.50. The number of carboxylic acids is 1. The lowest BCUT2D eigenvalue weighted by atomic mass is 9.87. The topological polar surface area (TPSA) is 57.6 Å². The number of rotatable bonds is 1. The second kappa shape index (κ2) is 3.77. The Hall–Kier alpha value is -1.06. The Bertz CT molecular complexity index is 227. The molecule has 4 nitrogen and oxygen atoms in total. The number of amides is 1. The minimum Gasteiger partial charge on any atom is -0.481 e. The first kappa shape index (κ1) is 10.0. The molecule has 2 atom stereocenters. The van der Waals surface area contributed by atoms with Crippen LogP contribution in [0.15, 0.2) is 0 Å². The summed E-state index contributed by atoms with van der Waals surface area (Å²) in [4.78, 5) is 23.4. The second-order valence-electron chi connectivity index (χ2n) is 3.68. The summed E-state index contributed by atoms with van der Waals surface area (Å²) in [6, 6.07) is 0. The largest absolute Gasteiger partial charge is 0.481 e. The van der Waals surface area contributed by atoms with E-state index in [9.17, 15) is 9.59 Å². The van der Waals surface area contributed by atoms with Crippen LogP contribution >= 0.6 is 0 Å². The smallest absolute Gasteiger partial charge is 0.306 e. The lowest BCUT2D eigenvalue weighted by Gasteiger charge is -2.34. The number of hydrogen-bond acceptors (Lipinski definition) is 2. The van der Waals surface area contributed by atoms with Gasteiger partial charge in [0.15, 0.2) is 0 Å². The van der Waals surface area contributed by atoms with Crippen molar-refractivity contribution in [2.75, 3.05) is 13.1 Å². The van der Waals surface area contributed by atoms with Crippen LogP contribution in [0.4, 0.5) is 0 Å². The Morgan fingerprint density at radius 3 is 2.46 bits per heavy atom. The number of likely N-dealkylation sites (tertiary alicyclic amines) is 1. The minimum atomic E-state index is -0.740. The van der Waals surface area contributed by atoms with E-state index in [0.29, 0.717) is 19.5 Å². The number of carbonyl (C=O) groups is 2. The van der Waals surface area contributed by atoms with Gasteiger partial charge in [-0.1, -0.05) is 6.92 Å². The average molecular weight is 185 g/mol. The maximum atomic E-state index is 11.0. The fourth-order valence-electron chi connectivity index (χ4n) is 1.80. The third-order valence-electron chi connectivity index (χ3n) is 2.67. The molecule has 1 amide bonds. The van der Waals surface area contributed by atoms with Crippen LogP contribution in [0.2, 0.25) is 0 Å². The molecule has 74 valence electrons. The predicted molar refractivity (Wildman–Crippen MR) is 47.2 cm³/mol. The van der Waals surface area contributed by atoms with Crippen molar-refractivity contribution in [2.24, 2.45) is 11.8 Å². The standard InChI is InChI=1S/C9H15NO3/c1-6-5-10(7(2)11)4-3-8(6)9(12)13/h6,8H,3-5H2,1-2H3,(H,12,13)/t6-,8+/m1/s1. The molecular weight excluding hydrogens is 170 g/mol. The normalized spacial score (nSPS) is 28.6. The molecule has 0 spiro atoms. The summed E-state index contributed by atoms with van der Waals surface area (Å²) >= 11 is 0. The van der Waals surface area contributed by atoms with Crippen LogP contribution in [-0.4, -0.2) is 35.0 Å². The van der Waals surface area contributed by atoms with Gasteiger partial charge in [-0.05, 0) is 12.3 Å². The van der Waals surface area contributed by atoms with Gasteiger partial charge < -0.3 is 10.0 Å². The number of hydrogen-bond donors (Lipinski definition) is 1. The van der Waals surface area contributed by atoms with Crippen LogP contribution < -0.4 is 0 Å². The number of nitrogens with zero attached hydrogens (tertiary/aromatic N) is 1. The van der Waals surface area contributed by atoms with Gasteiger partial charge in [-0.3, -0.25) is 9.59 Å². The quantitative estimate of drug-likeness (QED) is 0.650. The van der Waals surface area contributed by atoms with Crippen molar-refractivity contribution in [1.82, 2.24) is 4.90 Å². The molecule has 1 rings (SSSR count). The molecule has 1 fully saturated rings. The monoisotopic (exact) mass is 185 g/mol. The van der Waals surface area contributed by atoms with Crippen LogP contribution in [0, 0.1) is 11.8 Å². The minimum absolute atomic E-state index is 0.0377. The van der Waals surface area contributed by atoms with E-state index >= 15 is 0 Å². The lowest BCUT2D eigenvalue weighted by molar-refractivity contribution is -0.147. The molecule has 4 heteroatoms. The molecule has 0 aromatic carbocycles. The Labute approximate surface area is 77.5 Å². The average Bonchev–Trinajstić information content (AvgIpc) is 2.03. The summed E-state index contributed by atoms with van der Waals surface area (Å²) in [5.41, 5.74) is 0. The number of aliphatic carboxylic acids is 1. The molecule has 0 bridgehead atoms. The zero-order valence-electron chi connectivity index (χ0n) is 7.99. The van der Waals surface area contributed by atoms with Crippen molar-refractivity contribution in [1.29, 1.82) is 0 Å². The van der Waals surface area contributed by atoms with Crippen LogP contribution in [0.25, 0.3) is 0 Å². The van der Waals surface area contributed by atoms with Crippen molar-refractivity contribution in [3.63, 3.8) is 0 Å². The molecule has 1 N–H and O–H groups in total. The Kier molecular flexibility index (Phi) is 2.90. The van der Waals surface area contributed by atoms with Crippen LogP contribution in [0.1, 0.15) is 20.3 Å². The Balaban J connectivity index is 2.56. The van der Waals surface area contributed by atoms with Crippen molar-refractivity contribution in [2.45, 2.75) is 20.3 Å². The summed E-state index contributed by atoms with van der Waals surface area (Å²) in [6.45, 7) is 4.56. The van der Waals surface area contributed by atoms with Gasteiger partial charge in [0.2, 0.25) is 5.91 Å². The molecule has 13 heavy (non-hydrogen) atoms. The van der Waals surface area contributed by atoms with E-state index in [1.54, 1.807) is 4.90 Å². The van der Waals surface area contributed by atoms with Crippen molar-refractivity contribution >= 4 is 11.9 Å². The van der Waals surface area contributed by atoms with E-state index < -0.39 is 5.97 Å². The van der Waals surface area contributed by atoms with Crippen LogP contribution in [-0.2, 0) is 9.59 Å². The summed E-state index contributed by atoms with van der Waals surface area (Å²) in [7, 11) is 0. The van der Waals surface area contributed by atoms with E-state index in [1.165, 1.54) is 6.92 Å². The van der Waals surface area contributed by atoms with Gasteiger partial charge in [-0.15, -0.1) is 0 Å². The highest BCUT2D eigenvalue weighted by atomic mass is 16.4. The van der Waals surface area contributed by atoms with E-state index in [0.717, 1.165) is 0 Å². The number of piperidine rings is 1. The maximum Gasteiger partial charge on any atom is 0.306 e. The number of carbonyl (C=O) groups excluding carboxylic acids is 1. The van der Waals surface area contributed by atoms with Crippen molar-refractivity contribution < 1.29 is 14.7 Å². The van der Waals surface area contributed by atoms with Crippen LogP contribution in [0.5, 0.6) is 0 Å². The zero-order valence-corrected chi connectivity index (χ0v) is 7.99. The van der Waals surface area contributed by atoms with Gasteiger partial charge in [-0.25, -0.2) is 0 Å². The summed E-state index contributed by atoms with van der Waals surface area (Å²) in [6.07, 6.45) is 0.579. The molecule has 0 aromatic rings. The zero-order chi connectivity index (χ0) is 10.0. The maximum absolute atomic E-state index is 11.0. The van der Waals surface area contributed by atoms with Gasteiger partial charge >= 0.3 is 5.97 Å². The molecule has 0 saturated carbocycles. The van der Waals surface area contributed by atoms with E-state index in [-0.39, 0.29) is 17.7 Å². The molecular formula is C9H15NO3. The van der Waals surface area contributed by atoms with Gasteiger partial charge in [0.25, 0.3) is 0 Å². The van der Waals surface area contributed by atoms with E-state index in [1.807, 2.05) is 6.92 Å².